The Labute approximate surface area is 82.7 Å². The maximum absolute atomic E-state index is 5.66. The molecule has 76 valence electrons. The van der Waals surface area contributed by atoms with E-state index >= 15 is 0 Å². The van der Waals surface area contributed by atoms with Crippen molar-refractivity contribution in [3.05, 3.63) is 23.3 Å². The van der Waals surface area contributed by atoms with Crippen molar-refractivity contribution in [3.8, 4) is 0 Å². The quantitative estimate of drug-likeness (QED) is 0.646. The highest BCUT2D eigenvalue weighted by Crippen LogP contribution is 2.07. The summed E-state index contributed by atoms with van der Waals surface area (Å²) in [6.45, 7) is 8.50. The molecule has 0 aliphatic rings. The SMILES string of the molecule is CC(C)=CCC/C(C)=C/CC(C)N. The second-order valence-corrected chi connectivity index (χ2v) is 4.08. The van der Waals surface area contributed by atoms with Gasteiger partial charge in [-0.25, -0.2) is 0 Å². The predicted octanol–water partition coefficient (Wildman–Crippen LogP) is 3.42. The smallest absolute Gasteiger partial charge is 0.00450 e. The van der Waals surface area contributed by atoms with Gasteiger partial charge in [0.05, 0.1) is 0 Å². The van der Waals surface area contributed by atoms with Gasteiger partial charge in [-0.1, -0.05) is 23.3 Å². The van der Waals surface area contributed by atoms with Crippen molar-refractivity contribution in [1.82, 2.24) is 0 Å². The molecule has 0 spiro atoms. The van der Waals surface area contributed by atoms with E-state index in [2.05, 4.69) is 32.9 Å². The van der Waals surface area contributed by atoms with E-state index in [0.29, 0.717) is 6.04 Å². The molecule has 0 heterocycles. The highest BCUT2D eigenvalue weighted by atomic mass is 14.6. The van der Waals surface area contributed by atoms with E-state index in [0.717, 1.165) is 19.3 Å². The molecule has 0 bridgehead atoms. The van der Waals surface area contributed by atoms with Crippen molar-refractivity contribution < 1.29 is 0 Å². The molecule has 0 amide bonds. The fourth-order valence-electron chi connectivity index (χ4n) is 1.08. The molecule has 0 rings (SSSR count). The van der Waals surface area contributed by atoms with Crippen LogP contribution in [0.3, 0.4) is 0 Å². The highest BCUT2D eigenvalue weighted by molar-refractivity contribution is 5.02. The Hall–Kier alpha value is -0.560. The van der Waals surface area contributed by atoms with Gasteiger partial charge in [-0.2, -0.15) is 0 Å². The zero-order valence-corrected chi connectivity index (χ0v) is 9.43. The summed E-state index contributed by atoms with van der Waals surface area (Å²) >= 11 is 0. The van der Waals surface area contributed by atoms with Gasteiger partial charge >= 0.3 is 0 Å². The molecule has 2 N–H and O–H groups in total. The third kappa shape index (κ3) is 9.35. The molecule has 13 heavy (non-hydrogen) atoms. The Balaban J connectivity index is 3.67. The molecular weight excluding hydrogens is 158 g/mol. The van der Waals surface area contributed by atoms with Gasteiger partial charge in [-0.3, -0.25) is 0 Å². The van der Waals surface area contributed by atoms with E-state index in [1.54, 1.807) is 0 Å². The Kier molecular flexibility index (Phi) is 6.61. The summed E-state index contributed by atoms with van der Waals surface area (Å²) in [5.41, 5.74) is 8.52. The minimum atomic E-state index is 0.290. The predicted molar refractivity (Wildman–Crippen MR) is 60.7 cm³/mol. The van der Waals surface area contributed by atoms with Gasteiger partial charge in [0.1, 0.15) is 0 Å². The van der Waals surface area contributed by atoms with Crippen LogP contribution in [0.15, 0.2) is 23.3 Å². The lowest BCUT2D eigenvalue weighted by atomic mass is 10.1. The number of allylic oxidation sites excluding steroid dienone is 3. The minimum Gasteiger partial charge on any atom is -0.328 e. The van der Waals surface area contributed by atoms with Crippen molar-refractivity contribution >= 4 is 0 Å². The molecule has 0 saturated heterocycles. The van der Waals surface area contributed by atoms with Crippen LogP contribution in [0, 0.1) is 0 Å². The number of nitrogens with two attached hydrogens (primary N) is 1. The summed E-state index contributed by atoms with van der Waals surface area (Å²) in [6.07, 6.45) is 7.86. The second kappa shape index (κ2) is 6.90. The first-order valence-corrected chi connectivity index (χ1v) is 5.07. The van der Waals surface area contributed by atoms with Gasteiger partial charge in [-0.15, -0.1) is 0 Å². The van der Waals surface area contributed by atoms with Gasteiger partial charge in [0.25, 0.3) is 0 Å². The molecule has 1 heteroatoms. The van der Waals surface area contributed by atoms with Crippen LogP contribution in [0.1, 0.15) is 47.0 Å². The average molecular weight is 181 g/mol. The van der Waals surface area contributed by atoms with Crippen LogP contribution in [0.2, 0.25) is 0 Å². The first-order chi connectivity index (χ1) is 6.02. The minimum absolute atomic E-state index is 0.290. The zero-order chi connectivity index (χ0) is 10.3. The lowest BCUT2D eigenvalue weighted by Crippen LogP contribution is -2.12. The van der Waals surface area contributed by atoms with E-state index in [4.69, 9.17) is 5.73 Å². The number of hydrogen-bond acceptors (Lipinski definition) is 1. The van der Waals surface area contributed by atoms with Crippen molar-refractivity contribution in [2.45, 2.75) is 53.0 Å². The molecule has 0 fully saturated rings. The zero-order valence-electron chi connectivity index (χ0n) is 9.43. The topological polar surface area (TPSA) is 26.0 Å². The molecule has 0 aromatic heterocycles. The first-order valence-electron chi connectivity index (χ1n) is 5.07. The van der Waals surface area contributed by atoms with Crippen LogP contribution in [0.5, 0.6) is 0 Å². The summed E-state index contributed by atoms with van der Waals surface area (Å²) in [4.78, 5) is 0. The van der Waals surface area contributed by atoms with Gasteiger partial charge in [0.15, 0.2) is 0 Å². The molecule has 0 aliphatic carbocycles. The molecular formula is C12H23N. The normalized spacial score (nSPS) is 14.1. The van der Waals surface area contributed by atoms with Crippen molar-refractivity contribution in [3.63, 3.8) is 0 Å². The Bertz CT molecular complexity index is 183. The lowest BCUT2D eigenvalue weighted by molar-refractivity contribution is 0.749. The molecule has 1 atom stereocenters. The molecule has 1 nitrogen and oxygen atoms in total. The summed E-state index contributed by atoms with van der Waals surface area (Å²) in [6, 6.07) is 0.290. The standard InChI is InChI=1S/C12H23N/c1-10(2)6-5-7-11(3)8-9-12(4)13/h6,8,12H,5,7,9,13H2,1-4H3/b11-8+. The van der Waals surface area contributed by atoms with E-state index in [-0.39, 0.29) is 0 Å². The first kappa shape index (κ1) is 12.4. The van der Waals surface area contributed by atoms with Crippen LogP contribution < -0.4 is 5.73 Å². The molecule has 0 aromatic carbocycles. The maximum Gasteiger partial charge on any atom is 0.00450 e. The molecule has 0 aliphatic heterocycles. The second-order valence-electron chi connectivity index (χ2n) is 4.08. The highest BCUT2D eigenvalue weighted by Gasteiger charge is 1.91. The van der Waals surface area contributed by atoms with Gasteiger partial charge in [0.2, 0.25) is 0 Å². The Morgan fingerprint density at radius 2 is 1.85 bits per heavy atom. The molecule has 0 saturated carbocycles. The largest absolute Gasteiger partial charge is 0.328 e. The fourth-order valence-corrected chi connectivity index (χ4v) is 1.08. The van der Waals surface area contributed by atoms with Crippen LogP contribution in [-0.4, -0.2) is 6.04 Å². The average Bonchev–Trinajstić information content (AvgIpc) is 2.00. The van der Waals surface area contributed by atoms with E-state index in [1.165, 1.54) is 11.1 Å². The third-order valence-electron chi connectivity index (χ3n) is 1.93. The maximum atomic E-state index is 5.66. The number of hydrogen-bond donors (Lipinski definition) is 1. The van der Waals surface area contributed by atoms with Crippen LogP contribution >= 0.6 is 0 Å². The Morgan fingerprint density at radius 3 is 2.31 bits per heavy atom. The van der Waals surface area contributed by atoms with Gasteiger partial charge < -0.3 is 5.73 Å². The summed E-state index contributed by atoms with van der Waals surface area (Å²) in [7, 11) is 0. The monoisotopic (exact) mass is 181 g/mol. The van der Waals surface area contributed by atoms with Crippen LogP contribution in [0.4, 0.5) is 0 Å². The summed E-state index contributed by atoms with van der Waals surface area (Å²) in [5, 5.41) is 0. The third-order valence-corrected chi connectivity index (χ3v) is 1.93. The van der Waals surface area contributed by atoms with E-state index in [9.17, 15) is 0 Å². The summed E-state index contributed by atoms with van der Waals surface area (Å²) < 4.78 is 0. The fraction of sp³-hybridized carbons (Fsp3) is 0.667. The van der Waals surface area contributed by atoms with Crippen molar-refractivity contribution in [1.29, 1.82) is 0 Å². The summed E-state index contributed by atoms with van der Waals surface area (Å²) in [5.74, 6) is 0. The van der Waals surface area contributed by atoms with E-state index < -0.39 is 0 Å². The van der Waals surface area contributed by atoms with Crippen LogP contribution in [-0.2, 0) is 0 Å². The van der Waals surface area contributed by atoms with Crippen LogP contribution in [0.25, 0.3) is 0 Å². The molecule has 1 unspecified atom stereocenters. The number of rotatable bonds is 5. The Morgan fingerprint density at radius 1 is 1.23 bits per heavy atom. The molecule has 0 radical (unpaired) electrons. The van der Waals surface area contributed by atoms with Crippen molar-refractivity contribution in [2.75, 3.05) is 0 Å². The van der Waals surface area contributed by atoms with E-state index in [1.807, 2.05) is 6.92 Å². The van der Waals surface area contributed by atoms with Crippen molar-refractivity contribution in [2.24, 2.45) is 5.73 Å². The lowest BCUT2D eigenvalue weighted by Gasteiger charge is -2.02. The van der Waals surface area contributed by atoms with Gasteiger partial charge in [-0.05, 0) is 47.0 Å². The molecule has 0 aromatic rings. The van der Waals surface area contributed by atoms with Gasteiger partial charge in [0, 0.05) is 6.04 Å².